The number of rotatable bonds is 9. The molecule has 0 unspecified atom stereocenters. The minimum atomic E-state index is -0.756. The second kappa shape index (κ2) is 9.52. The molecule has 4 rings (SSSR count). The lowest BCUT2D eigenvalue weighted by Crippen LogP contribution is -2.49. The van der Waals surface area contributed by atoms with Crippen molar-refractivity contribution in [2.45, 2.75) is 45.4 Å². The van der Waals surface area contributed by atoms with E-state index in [0.717, 1.165) is 18.4 Å². The van der Waals surface area contributed by atoms with Crippen molar-refractivity contribution in [3.05, 3.63) is 47.5 Å². The summed E-state index contributed by atoms with van der Waals surface area (Å²) in [6.45, 7) is 3.92. The van der Waals surface area contributed by atoms with Crippen LogP contribution in [-0.2, 0) is 20.9 Å². The SMILES string of the molecule is CC(C)[C@H](NC(=O)CN(c1nc(Cl)nc2nc[nH]c12)C1CC1)C(=O)OCc1ccccc1. The van der Waals surface area contributed by atoms with E-state index in [4.69, 9.17) is 16.3 Å². The predicted molar refractivity (Wildman–Crippen MR) is 120 cm³/mol. The van der Waals surface area contributed by atoms with Gasteiger partial charge < -0.3 is 19.9 Å². The van der Waals surface area contributed by atoms with Gasteiger partial charge in [0.15, 0.2) is 11.5 Å². The number of hydrogen-bond donors (Lipinski definition) is 2. The lowest BCUT2D eigenvalue weighted by Gasteiger charge is -2.26. The second-order valence-electron chi connectivity index (χ2n) is 8.16. The summed E-state index contributed by atoms with van der Waals surface area (Å²) in [5.74, 6) is -0.363. The minimum Gasteiger partial charge on any atom is -0.459 e. The molecule has 1 atom stereocenters. The number of halogens is 1. The Hall–Kier alpha value is -3.20. The zero-order chi connectivity index (χ0) is 22.7. The van der Waals surface area contributed by atoms with Gasteiger partial charge in [0, 0.05) is 6.04 Å². The van der Waals surface area contributed by atoms with E-state index in [2.05, 4.69) is 25.3 Å². The summed E-state index contributed by atoms with van der Waals surface area (Å²) in [5.41, 5.74) is 1.95. The van der Waals surface area contributed by atoms with Gasteiger partial charge in [-0.25, -0.2) is 9.78 Å². The summed E-state index contributed by atoms with van der Waals surface area (Å²) in [6.07, 6.45) is 3.40. The first-order valence-electron chi connectivity index (χ1n) is 10.6. The first kappa shape index (κ1) is 22.0. The molecule has 2 aromatic heterocycles. The van der Waals surface area contributed by atoms with E-state index in [1.807, 2.05) is 49.1 Å². The third-order valence-electron chi connectivity index (χ3n) is 5.27. The lowest BCUT2D eigenvalue weighted by molar-refractivity contribution is -0.150. The Morgan fingerprint density at radius 3 is 2.69 bits per heavy atom. The molecular weight excluding hydrogens is 432 g/mol. The number of carbonyl (C=O) groups is 2. The number of amides is 1. The van der Waals surface area contributed by atoms with Crippen LogP contribution in [0.5, 0.6) is 0 Å². The molecule has 1 aliphatic carbocycles. The van der Waals surface area contributed by atoms with Gasteiger partial charge in [0.05, 0.1) is 12.9 Å². The fourth-order valence-electron chi connectivity index (χ4n) is 3.45. The average Bonchev–Trinajstić information content (AvgIpc) is 3.51. The number of aromatic amines is 1. The highest BCUT2D eigenvalue weighted by molar-refractivity contribution is 6.28. The van der Waals surface area contributed by atoms with Crippen LogP contribution in [0.4, 0.5) is 5.82 Å². The van der Waals surface area contributed by atoms with Gasteiger partial charge in [0.25, 0.3) is 0 Å². The van der Waals surface area contributed by atoms with Crippen molar-refractivity contribution in [3.63, 3.8) is 0 Å². The number of nitrogens with one attached hydrogen (secondary N) is 2. The number of nitrogens with zero attached hydrogens (tertiary/aromatic N) is 4. The second-order valence-corrected chi connectivity index (χ2v) is 8.50. The molecule has 1 aromatic carbocycles. The maximum Gasteiger partial charge on any atom is 0.329 e. The Morgan fingerprint density at radius 1 is 1.25 bits per heavy atom. The molecule has 0 spiro atoms. The number of esters is 1. The average molecular weight is 457 g/mol. The smallest absolute Gasteiger partial charge is 0.329 e. The van der Waals surface area contributed by atoms with Crippen molar-refractivity contribution in [2.75, 3.05) is 11.4 Å². The van der Waals surface area contributed by atoms with Crippen molar-refractivity contribution in [3.8, 4) is 0 Å². The summed E-state index contributed by atoms with van der Waals surface area (Å²) < 4.78 is 5.45. The zero-order valence-electron chi connectivity index (χ0n) is 17.9. The van der Waals surface area contributed by atoms with E-state index in [9.17, 15) is 9.59 Å². The third kappa shape index (κ3) is 5.16. The normalized spacial score (nSPS) is 14.4. The van der Waals surface area contributed by atoms with Gasteiger partial charge in [-0.15, -0.1) is 0 Å². The maximum atomic E-state index is 12.9. The van der Waals surface area contributed by atoms with Gasteiger partial charge >= 0.3 is 5.97 Å². The van der Waals surface area contributed by atoms with Crippen LogP contribution in [0.25, 0.3) is 11.2 Å². The fraction of sp³-hybridized carbons (Fsp3) is 0.409. The first-order valence-corrected chi connectivity index (χ1v) is 10.9. The Labute approximate surface area is 190 Å². The molecule has 2 N–H and O–H groups in total. The molecule has 0 bridgehead atoms. The van der Waals surface area contributed by atoms with Crippen LogP contribution < -0.4 is 10.2 Å². The molecule has 2 heterocycles. The molecule has 0 saturated heterocycles. The van der Waals surface area contributed by atoms with Crippen molar-refractivity contribution in [1.29, 1.82) is 0 Å². The molecule has 0 aliphatic heterocycles. The number of fused-ring (bicyclic) bond motifs is 1. The number of aromatic nitrogens is 4. The van der Waals surface area contributed by atoms with Gasteiger partial charge in [-0.05, 0) is 35.9 Å². The minimum absolute atomic E-state index is 0.0291. The van der Waals surface area contributed by atoms with E-state index in [-0.39, 0.29) is 36.3 Å². The molecule has 32 heavy (non-hydrogen) atoms. The van der Waals surface area contributed by atoms with E-state index >= 15 is 0 Å². The largest absolute Gasteiger partial charge is 0.459 e. The van der Waals surface area contributed by atoms with Crippen molar-refractivity contribution in [2.24, 2.45) is 5.92 Å². The summed E-state index contributed by atoms with van der Waals surface area (Å²) in [6, 6.07) is 8.84. The Balaban J connectivity index is 1.44. The van der Waals surface area contributed by atoms with E-state index in [1.54, 1.807) is 0 Å². The Morgan fingerprint density at radius 2 is 2.00 bits per heavy atom. The van der Waals surface area contributed by atoms with Crippen LogP contribution in [0.1, 0.15) is 32.3 Å². The summed E-state index contributed by atoms with van der Waals surface area (Å²) in [7, 11) is 0. The molecule has 1 fully saturated rings. The van der Waals surface area contributed by atoms with Crippen molar-refractivity contribution in [1.82, 2.24) is 25.3 Å². The van der Waals surface area contributed by atoms with E-state index < -0.39 is 12.0 Å². The molecule has 1 saturated carbocycles. The third-order valence-corrected chi connectivity index (χ3v) is 5.44. The predicted octanol–water partition coefficient (Wildman–Crippen LogP) is 2.86. The van der Waals surface area contributed by atoms with Crippen LogP contribution in [0, 0.1) is 5.92 Å². The summed E-state index contributed by atoms with van der Waals surface area (Å²) in [4.78, 5) is 43.1. The highest BCUT2D eigenvalue weighted by Gasteiger charge is 2.34. The quantitative estimate of drug-likeness (QED) is 0.376. The topological polar surface area (TPSA) is 113 Å². The highest BCUT2D eigenvalue weighted by Crippen LogP contribution is 2.33. The van der Waals surface area contributed by atoms with Gasteiger partial charge in [-0.1, -0.05) is 44.2 Å². The molecule has 10 heteroatoms. The number of hydrogen-bond acceptors (Lipinski definition) is 7. The highest BCUT2D eigenvalue weighted by atomic mass is 35.5. The van der Waals surface area contributed by atoms with E-state index in [1.165, 1.54) is 6.33 Å². The van der Waals surface area contributed by atoms with Gasteiger partial charge in [0.2, 0.25) is 11.2 Å². The first-order chi connectivity index (χ1) is 15.4. The van der Waals surface area contributed by atoms with Crippen molar-refractivity contribution >= 4 is 40.5 Å². The molecule has 3 aromatic rings. The van der Waals surface area contributed by atoms with Gasteiger partial charge in [-0.3, -0.25) is 4.79 Å². The van der Waals surface area contributed by atoms with E-state index in [0.29, 0.717) is 17.0 Å². The molecule has 168 valence electrons. The monoisotopic (exact) mass is 456 g/mol. The Bertz CT molecular complexity index is 1100. The molecular formula is C22H25ClN6O3. The maximum absolute atomic E-state index is 12.9. The van der Waals surface area contributed by atoms with Crippen molar-refractivity contribution < 1.29 is 14.3 Å². The Kier molecular flexibility index (Phi) is 6.55. The van der Waals surface area contributed by atoms with Crippen LogP contribution in [0.2, 0.25) is 5.28 Å². The summed E-state index contributed by atoms with van der Waals surface area (Å²) >= 11 is 6.07. The molecule has 9 nitrogen and oxygen atoms in total. The zero-order valence-corrected chi connectivity index (χ0v) is 18.7. The molecule has 1 aliphatic rings. The molecule has 0 radical (unpaired) electrons. The lowest BCUT2D eigenvalue weighted by atomic mass is 10.0. The van der Waals surface area contributed by atoms with Gasteiger partial charge in [0.1, 0.15) is 18.2 Å². The summed E-state index contributed by atoms with van der Waals surface area (Å²) in [5, 5.41) is 2.90. The van der Waals surface area contributed by atoms with Crippen LogP contribution in [0.3, 0.4) is 0 Å². The number of benzene rings is 1. The number of anilines is 1. The number of carbonyl (C=O) groups excluding carboxylic acids is 2. The van der Waals surface area contributed by atoms with Crippen LogP contribution in [-0.4, -0.2) is 50.4 Å². The number of imidazole rings is 1. The fourth-order valence-corrected chi connectivity index (χ4v) is 3.61. The standard InChI is InChI=1S/C22H25ClN6O3/c1-13(2)17(21(31)32-11-14-6-4-3-5-7-14)26-16(30)10-29(15-8-9-15)20-18-19(25-12-24-18)27-22(23)28-20/h3-7,12-13,15,17H,8-11H2,1-2H3,(H,26,30)(H,24,25,27,28)/t17-/m0/s1. The van der Waals surface area contributed by atoms with Gasteiger partial charge in [-0.2, -0.15) is 9.97 Å². The van der Waals surface area contributed by atoms with Crippen LogP contribution in [0.15, 0.2) is 36.7 Å². The van der Waals surface area contributed by atoms with Crippen LogP contribution >= 0.6 is 11.6 Å². The number of H-pyrrole nitrogens is 1. The number of ether oxygens (including phenoxy) is 1. The molecule has 1 amide bonds.